The fraction of sp³-hybridized carbons (Fsp3) is 0.176. The Morgan fingerprint density at radius 2 is 1.67 bits per heavy atom. The second-order valence-electron chi connectivity index (χ2n) is 4.40. The Morgan fingerprint density at radius 1 is 1.05 bits per heavy atom. The van der Waals surface area contributed by atoms with E-state index in [1.807, 2.05) is 13.0 Å². The summed E-state index contributed by atoms with van der Waals surface area (Å²) in [4.78, 5) is 12.0. The smallest absolute Gasteiger partial charge is 0.343 e. The van der Waals surface area contributed by atoms with Gasteiger partial charge in [-0.15, -0.1) is 0 Å². The Kier molecular flexibility index (Phi) is 4.94. The Balaban J connectivity index is 2.00. The normalized spacial score (nSPS) is 9.71. The van der Waals surface area contributed by atoms with Crippen LogP contribution in [0.15, 0.2) is 48.5 Å². The molecule has 0 saturated carbocycles. The molecule has 2 aromatic carbocycles. The van der Waals surface area contributed by atoms with E-state index < -0.39 is 5.97 Å². The standard InChI is InChI=1S/C17H15NO3/c1-2-11-20-15-9-5-14(6-10-15)17(19)21-16-7-3-13(12-18)4-8-16/h3-10H,2,11H2,1H3. The molecule has 0 aromatic heterocycles. The molecule has 106 valence electrons. The molecule has 0 N–H and O–H groups in total. The summed E-state index contributed by atoms with van der Waals surface area (Å²) in [5, 5.41) is 8.71. The van der Waals surface area contributed by atoms with Gasteiger partial charge in [-0.2, -0.15) is 5.26 Å². The van der Waals surface area contributed by atoms with Crippen molar-refractivity contribution >= 4 is 5.97 Å². The number of esters is 1. The summed E-state index contributed by atoms with van der Waals surface area (Å²) in [6.07, 6.45) is 0.933. The lowest BCUT2D eigenvalue weighted by Crippen LogP contribution is -2.08. The van der Waals surface area contributed by atoms with Gasteiger partial charge < -0.3 is 9.47 Å². The van der Waals surface area contributed by atoms with Gasteiger partial charge in [-0.05, 0) is 55.0 Å². The molecule has 4 nitrogen and oxygen atoms in total. The van der Waals surface area contributed by atoms with Gasteiger partial charge in [0.05, 0.1) is 23.8 Å². The predicted molar refractivity (Wildman–Crippen MR) is 78.3 cm³/mol. The first kappa shape index (κ1) is 14.6. The van der Waals surface area contributed by atoms with Crippen molar-refractivity contribution in [1.82, 2.24) is 0 Å². The number of rotatable bonds is 5. The van der Waals surface area contributed by atoms with Gasteiger partial charge in [-0.3, -0.25) is 0 Å². The highest BCUT2D eigenvalue weighted by Gasteiger charge is 2.08. The van der Waals surface area contributed by atoms with Gasteiger partial charge >= 0.3 is 5.97 Å². The second-order valence-corrected chi connectivity index (χ2v) is 4.40. The van der Waals surface area contributed by atoms with Gasteiger partial charge in [0.1, 0.15) is 11.5 Å². The van der Waals surface area contributed by atoms with Gasteiger partial charge in [0.25, 0.3) is 0 Å². The molecule has 0 radical (unpaired) electrons. The van der Waals surface area contributed by atoms with E-state index in [0.717, 1.165) is 12.2 Å². The molecule has 0 amide bonds. The molecule has 0 aliphatic heterocycles. The summed E-state index contributed by atoms with van der Waals surface area (Å²) < 4.78 is 10.7. The van der Waals surface area contributed by atoms with Crippen LogP contribution in [-0.4, -0.2) is 12.6 Å². The molecule has 2 rings (SSSR count). The van der Waals surface area contributed by atoms with Crippen molar-refractivity contribution < 1.29 is 14.3 Å². The maximum Gasteiger partial charge on any atom is 0.343 e. The summed E-state index contributed by atoms with van der Waals surface area (Å²) in [6, 6.07) is 15.2. The van der Waals surface area contributed by atoms with Crippen LogP contribution in [0, 0.1) is 11.3 Å². The predicted octanol–water partition coefficient (Wildman–Crippen LogP) is 3.57. The third-order valence-electron chi connectivity index (χ3n) is 2.76. The van der Waals surface area contributed by atoms with E-state index in [-0.39, 0.29) is 0 Å². The van der Waals surface area contributed by atoms with E-state index in [0.29, 0.717) is 23.5 Å². The van der Waals surface area contributed by atoms with E-state index in [1.54, 1.807) is 48.5 Å². The lowest BCUT2D eigenvalue weighted by Gasteiger charge is -2.06. The molecular weight excluding hydrogens is 266 g/mol. The second kappa shape index (κ2) is 7.11. The Bertz CT molecular complexity index is 639. The summed E-state index contributed by atoms with van der Waals surface area (Å²) in [6.45, 7) is 2.68. The van der Waals surface area contributed by atoms with Crippen LogP contribution in [-0.2, 0) is 0 Å². The van der Waals surface area contributed by atoms with E-state index in [1.165, 1.54) is 0 Å². The molecule has 21 heavy (non-hydrogen) atoms. The minimum Gasteiger partial charge on any atom is -0.494 e. The Hall–Kier alpha value is -2.80. The average molecular weight is 281 g/mol. The van der Waals surface area contributed by atoms with Crippen LogP contribution >= 0.6 is 0 Å². The van der Waals surface area contributed by atoms with Crippen LogP contribution in [0.5, 0.6) is 11.5 Å². The average Bonchev–Trinajstić information content (AvgIpc) is 2.54. The number of carbonyl (C=O) groups excluding carboxylic acids is 1. The topological polar surface area (TPSA) is 59.3 Å². The van der Waals surface area contributed by atoms with Crippen molar-refractivity contribution in [3.8, 4) is 17.6 Å². The molecule has 0 spiro atoms. The number of hydrogen-bond donors (Lipinski definition) is 0. The highest BCUT2D eigenvalue weighted by molar-refractivity contribution is 5.91. The highest BCUT2D eigenvalue weighted by Crippen LogP contribution is 2.16. The lowest BCUT2D eigenvalue weighted by molar-refractivity contribution is 0.0734. The molecule has 0 aliphatic rings. The van der Waals surface area contributed by atoms with Gasteiger partial charge in [0.2, 0.25) is 0 Å². The molecule has 0 fully saturated rings. The quantitative estimate of drug-likeness (QED) is 0.621. The van der Waals surface area contributed by atoms with Crippen LogP contribution in [0.25, 0.3) is 0 Å². The zero-order valence-electron chi connectivity index (χ0n) is 11.7. The summed E-state index contributed by atoms with van der Waals surface area (Å²) >= 11 is 0. The monoisotopic (exact) mass is 281 g/mol. The zero-order valence-corrected chi connectivity index (χ0v) is 11.7. The number of benzene rings is 2. The van der Waals surface area contributed by atoms with E-state index in [2.05, 4.69) is 0 Å². The highest BCUT2D eigenvalue weighted by atomic mass is 16.5. The van der Waals surface area contributed by atoms with Gasteiger partial charge in [-0.1, -0.05) is 6.92 Å². The first-order valence-corrected chi connectivity index (χ1v) is 6.68. The largest absolute Gasteiger partial charge is 0.494 e. The van der Waals surface area contributed by atoms with Crippen LogP contribution in [0.1, 0.15) is 29.3 Å². The summed E-state index contributed by atoms with van der Waals surface area (Å²) in [5.74, 6) is 0.693. The van der Waals surface area contributed by atoms with Crippen molar-refractivity contribution in [2.45, 2.75) is 13.3 Å². The number of nitrogens with zero attached hydrogens (tertiary/aromatic N) is 1. The van der Waals surface area contributed by atoms with Crippen LogP contribution < -0.4 is 9.47 Å². The van der Waals surface area contributed by atoms with Crippen LogP contribution in [0.3, 0.4) is 0 Å². The van der Waals surface area contributed by atoms with E-state index in [9.17, 15) is 4.79 Å². The lowest BCUT2D eigenvalue weighted by atomic mass is 10.2. The first-order valence-electron chi connectivity index (χ1n) is 6.68. The van der Waals surface area contributed by atoms with Gasteiger partial charge in [0.15, 0.2) is 0 Å². The maximum absolute atomic E-state index is 12.0. The third-order valence-corrected chi connectivity index (χ3v) is 2.76. The molecule has 0 atom stereocenters. The first-order chi connectivity index (χ1) is 10.2. The van der Waals surface area contributed by atoms with Gasteiger partial charge in [0, 0.05) is 0 Å². The molecule has 0 unspecified atom stereocenters. The molecular formula is C17H15NO3. The zero-order chi connectivity index (χ0) is 15.1. The number of hydrogen-bond acceptors (Lipinski definition) is 4. The summed E-state index contributed by atoms with van der Waals surface area (Å²) in [5.41, 5.74) is 0.968. The van der Waals surface area contributed by atoms with Crippen molar-refractivity contribution in [3.63, 3.8) is 0 Å². The minimum atomic E-state index is -0.443. The summed E-state index contributed by atoms with van der Waals surface area (Å²) in [7, 11) is 0. The van der Waals surface area contributed by atoms with Crippen LogP contribution in [0.2, 0.25) is 0 Å². The molecule has 0 saturated heterocycles. The SMILES string of the molecule is CCCOc1ccc(C(=O)Oc2ccc(C#N)cc2)cc1. The van der Waals surface area contributed by atoms with E-state index in [4.69, 9.17) is 14.7 Å². The number of carbonyl (C=O) groups is 1. The Labute approximate surface area is 123 Å². The van der Waals surface area contributed by atoms with Crippen molar-refractivity contribution in [2.24, 2.45) is 0 Å². The van der Waals surface area contributed by atoms with Crippen molar-refractivity contribution in [2.75, 3.05) is 6.61 Å². The number of nitriles is 1. The van der Waals surface area contributed by atoms with Gasteiger partial charge in [-0.25, -0.2) is 4.79 Å². The molecule has 0 heterocycles. The number of ether oxygens (including phenoxy) is 2. The van der Waals surface area contributed by atoms with Crippen molar-refractivity contribution in [1.29, 1.82) is 5.26 Å². The van der Waals surface area contributed by atoms with Crippen molar-refractivity contribution in [3.05, 3.63) is 59.7 Å². The molecule has 4 heteroatoms. The fourth-order valence-electron chi connectivity index (χ4n) is 1.67. The minimum absolute atomic E-state index is 0.408. The van der Waals surface area contributed by atoms with E-state index >= 15 is 0 Å². The Morgan fingerprint density at radius 3 is 2.24 bits per heavy atom. The fourth-order valence-corrected chi connectivity index (χ4v) is 1.67. The molecule has 2 aromatic rings. The molecule has 0 bridgehead atoms. The third kappa shape index (κ3) is 4.08. The molecule has 0 aliphatic carbocycles. The maximum atomic E-state index is 12.0. The van der Waals surface area contributed by atoms with Crippen LogP contribution in [0.4, 0.5) is 0 Å².